The molecule has 0 fully saturated rings. The fourth-order valence-corrected chi connectivity index (χ4v) is 2.48. The summed E-state index contributed by atoms with van der Waals surface area (Å²) in [7, 11) is 1.44. The zero-order valence-electron chi connectivity index (χ0n) is 9.82. The average Bonchev–Trinajstić information content (AvgIpc) is 2.36. The first kappa shape index (κ1) is 14.2. The quantitative estimate of drug-likeness (QED) is 0.681. The number of benzene rings is 1. The van der Waals surface area contributed by atoms with E-state index in [-0.39, 0.29) is 9.83 Å². The van der Waals surface area contributed by atoms with Gasteiger partial charge < -0.3 is 5.32 Å². The van der Waals surface area contributed by atoms with Crippen molar-refractivity contribution in [3.05, 3.63) is 38.2 Å². The van der Waals surface area contributed by atoms with Gasteiger partial charge in [-0.2, -0.15) is 18.2 Å². The summed E-state index contributed by atoms with van der Waals surface area (Å²) < 4.78 is 37.9. The Kier molecular flexibility index (Phi) is 3.34. The lowest BCUT2D eigenvalue weighted by atomic mass is 10.1. The zero-order chi connectivity index (χ0) is 15.1. The smallest absolute Gasteiger partial charge is 0.364 e. The van der Waals surface area contributed by atoms with Crippen molar-refractivity contribution in [2.45, 2.75) is 6.18 Å². The first-order valence-corrected chi connectivity index (χ1v) is 5.94. The Labute approximate surface area is 113 Å². The number of rotatable bonds is 2. The Morgan fingerprint density at radius 1 is 1.40 bits per heavy atom. The van der Waals surface area contributed by atoms with Crippen molar-refractivity contribution in [1.82, 2.24) is 4.98 Å². The van der Waals surface area contributed by atoms with Crippen LogP contribution in [0, 0.1) is 10.1 Å². The summed E-state index contributed by atoms with van der Waals surface area (Å²) >= 11 is 0.744. The Hall–Kier alpha value is -2.23. The predicted molar refractivity (Wildman–Crippen MR) is 67.1 cm³/mol. The van der Waals surface area contributed by atoms with E-state index < -0.39 is 33.3 Å². The molecule has 0 aliphatic carbocycles. The number of nitro groups is 1. The van der Waals surface area contributed by atoms with E-state index in [0.717, 1.165) is 11.3 Å². The fraction of sp³-hybridized carbons (Fsp3) is 0.200. The van der Waals surface area contributed by atoms with Crippen LogP contribution in [-0.4, -0.2) is 17.0 Å². The summed E-state index contributed by atoms with van der Waals surface area (Å²) in [6, 6.07) is 0.991. The van der Waals surface area contributed by atoms with Gasteiger partial charge in [-0.25, -0.2) is 0 Å². The topological polar surface area (TPSA) is 85.1 Å². The molecule has 1 aromatic carbocycles. The van der Waals surface area contributed by atoms with E-state index in [9.17, 15) is 28.1 Å². The molecule has 20 heavy (non-hydrogen) atoms. The van der Waals surface area contributed by atoms with Gasteiger partial charge in [0.1, 0.15) is 4.70 Å². The van der Waals surface area contributed by atoms with Gasteiger partial charge >= 0.3 is 6.18 Å². The van der Waals surface area contributed by atoms with Gasteiger partial charge in [0.2, 0.25) is 0 Å². The highest BCUT2D eigenvalue weighted by Gasteiger charge is 2.34. The van der Waals surface area contributed by atoms with Crippen LogP contribution < -0.4 is 10.9 Å². The van der Waals surface area contributed by atoms with Crippen molar-refractivity contribution in [2.75, 3.05) is 12.4 Å². The highest BCUT2D eigenvalue weighted by atomic mass is 32.1. The number of hydrogen-bond acceptors (Lipinski definition) is 6. The number of nitrogens with zero attached hydrogens (tertiary/aromatic N) is 2. The van der Waals surface area contributed by atoms with Gasteiger partial charge in [0.05, 0.1) is 15.9 Å². The third-order valence-electron chi connectivity index (χ3n) is 2.44. The molecule has 0 atom stereocenters. The van der Waals surface area contributed by atoms with Crippen LogP contribution in [0.25, 0.3) is 10.1 Å². The standard InChI is InChI=1S/C10H6F3N3O3S/c1-14-9-15-8(17)5-2-4(10(11,12)13)3-6(16(18)19)7(5)20-9/h2-3H,1H3,(H,14,15,17). The maximum absolute atomic E-state index is 12.7. The van der Waals surface area contributed by atoms with E-state index in [0.29, 0.717) is 12.1 Å². The molecule has 10 heteroatoms. The third kappa shape index (κ3) is 2.41. The number of nitro benzene ring substituents is 1. The molecule has 6 nitrogen and oxygen atoms in total. The van der Waals surface area contributed by atoms with Crippen molar-refractivity contribution in [1.29, 1.82) is 0 Å². The monoisotopic (exact) mass is 305 g/mol. The van der Waals surface area contributed by atoms with Crippen LogP contribution in [0.1, 0.15) is 5.56 Å². The van der Waals surface area contributed by atoms with Crippen molar-refractivity contribution < 1.29 is 18.1 Å². The predicted octanol–water partition coefficient (Wildman–Crippen LogP) is 2.63. The number of aromatic nitrogens is 1. The average molecular weight is 305 g/mol. The van der Waals surface area contributed by atoms with Crippen LogP contribution >= 0.6 is 11.3 Å². The highest BCUT2D eigenvalue weighted by molar-refractivity contribution is 7.22. The number of alkyl halides is 3. The molecule has 0 spiro atoms. The molecule has 2 rings (SSSR count). The van der Waals surface area contributed by atoms with Crippen LogP contribution in [0.5, 0.6) is 0 Å². The molecule has 106 valence electrons. The summed E-state index contributed by atoms with van der Waals surface area (Å²) in [5.41, 5.74) is -2.96. The van der Waals surface area contributed by atoms with Gasteiger partial charge in [0, 0.05) is 13.1 Å². The van der Waals surface area contributed by atoms with Gasteiger partial charge in [-0.3, -0.25) is 14.9 Å². The largest absolute Gasteiger partial charge is 0.416 e. The van der Waals surface area contributed by atoms with Crippen molar-refractivity contribution in [2.24, 2.45) is 0 Å². The normalized spacial score (nSPS) is 11.6. The SMILES string of the molecule is CNc1nc(=O)c2cc(C(F)(F)F)cc([N+](=O)[O-])c2s1. The fourth-order valence-electron chi connectivity index (χ4n) is 1.56. The summed E-state index contributed by atoms with van der Waals surface area (Å²) in [6.45, 7) is 0. The second-order valence-corrected chi connectivity index (χ2v) is 4.70. The summed E-state index contributed by atoms with van der Waals surface area (Å²) in [6.07, 6.45) is -4.78. The molecule has 0 aliphatic heterocycles. The molecular weight excluding hydrogens is 299 g/mol. The molecule has 0 aliphatic rings. The van der Waals surface area contributed by atoms with Crippen LogP contribution in [0.4, 0.5) is 24.0 Å². The lowest BCUT2D eigenvalue weighted by Gasteiger charge is -2.08. The van der Waals surface area contributed by atoms with Crippen LogP contribution in [0.15, 0.2) is 16.9 Å². The molecule has 1 aromatic heterocycles. The second-order valence-electron chi connectivity index (χ2n) is 3.70. The van der Waals surface area contributed by atoms with E-state index >= 15 is 0 Å². The molecule has 0 saturated carbocycles. The van der Waals surface area contributed by atoms with Gasteiger partial charge in [-0.15, -0.1) is 0 Å². The van der Waals surface area contributed by atoms with Gasteiger partial charge in [0.25, 0.3) is 11.2 Å². The van der Waals surface area contributed by atoms with E-state index in [2.05, 4.69) is 10.3 Å². The van der Waals surface area contributed by atoms with Crippen LogP contribution in [-0.2, 0) is 6.18 Å². The minimum Gasteiger partial charge on any atom is -0.364 e. The molecule has 2 aromatic rings. The maximum atomic E-state index is 12.7. The first-order valence-electron chi connectivity index (χ1n) is 5.12. The molecule has 0 bridgehead atoms. The number of anilines is 1. The number of non-ortho nitro benzene ring substituents is 1. The van der Waals surface area contributed by atoms with Crippen molar-refractivity contribution >= 4 is 32.2 Å². The van der Waals surface area contributed by atoms with E-state index in [1.54, 1.807) is 0 Å². The zero-order valence-corrected chi connectivity index (χ0v) is 10.6. The number of nitrogens with one attached hydrogen (secondary N) is 1. The molecule has 0 radical (unpaired) electrons. The molecular formula is C10H6F3N3O3S. The highest BCUT2D eigenvalue weighted by Crippen LogP contribution is 2.37. The van der Waals surface area contributed by atoms with E-state index in [1.165, 1.54) is 7.05 Å². The lowest BCUT2D eigenvalue weighted by molar-refractivity contribution is -0.383. The Bertz CT molecular complexity index is 757. The minimum atomic E-state index is -4.78. The minimum absolute atomic E-state index is 0.0883. The third-order valence-corrected chi connectivity index (χ3v) is 3.56. The van der Waals surface area contributed by atoms with E-state index in [4.69, 9.17) is 0 Å². The number of fused-ring (bicyclic) bond motifs is 1. The van der Waals surface area contributed by atoms with Crippen molar-refractivity contribution in [3.63, 3.8) is 0 Å². The first-order chi connectivity index (χ1) is 9.24. The Morgan fingerprint density at radius 3 is 2.55 bits per heavy atom. The van der Waals surface area contributed by atoms with Gasteiger partial charge in [-0.05, 0) is 6.07 Å². The molecule has 0 unspecified atom stereocenters. The lowest BCUT2D eigenvalue weighted by Crippen LogP contribution is -2.11. The molecule has 1 heterocycles. The maximum Gasteiger partial charge on any atom is 0.416 e. The summed E-state index contributed by atoms with van der Waals surface area (Å²) in [4.78, 5) is 25.1. The molecule has 0 saturated heterocycles. The Morgan fingerprint density at radius 2 is 2.05 bits per heavy atom. The number of hydrogen-bond donors (Lipinski definition) is 1. The van der Waals surface area contributed by atoms with Crippen LogP contribution in [0.2, 0.25) is 0 Å². The summed E-state index contributed by atoms with van der Waals surface area (Å²) in [5.74, 6) is 0. The van der Waals surface area contributed by atoms with E-state index in [1.807, 2.05) is 0 Å². The van der Waals surface area contributed by atoms with Crippen LogP contribution in [0.3, 0.4) is 0 Å². The molecule has 1 N–H and O–H groups in total. The second kappa shape index (κ2) is 4.71. The number of halogens is 3. The van der Waals surface area contributed by atoms with Gasteiger partial charge in [-0.1, -0.05) is 11.3 Å². The van der Waals surface area contributed by atoms with Crippen molar-refractivity contribution in [3.8, 4) is 0 Å². The van der Waals surface area contributed by atoms with Gasteiger partial charge in [0.15, 0.2) is 5.13 Å². The summed E-state index contributed by atoms with van der Waals surface area (Å²) in [5, 5.41) is 13.1. The molecule has 0 amide bonds. The Balaban J connectivity index is 2.93.